The molecule has 2 N–H and O–H groups in total. The van der Waals surface area contributed by atoms with Crippen LogP contribution in [-0.2, 0) is 4.79 Å². The monoisotopic (exact) mass is 493 g/mol. The van der Waals surface area contributed by atoms with Gasteiger partial charge in [-0.15, -0.1) is 0 Å². The molecule has 0 aromatic heterocycles. The lowest BCUT2D eigenvalue weighted by molar-refractivity contribution is -0.143. The summed E-state index contributed by atoms with van der Waals surface area (Å²) in [5.41, 5.74) is 0.170. The second kappa shape index (κ2) is 12.2. The van der Waals surface area contributed by atoms with Crippen molar-refractivity contribution in [3.8, 4) is 11.5 Å². The lowest BCUT2D eigenvalue weighted by Gasteiger charge is -2.26. The van der Waals surface area contributed by atoms with Gasteiger partial charge in [-0.05, 0) is 68.5 Å². The maximum atomic E-state index is 14.5. The molecule has 2 aromatic carbocycles. The Morgan fingerprint density at radius 1 is 1.00 bits per heavy atom. The van der Waals surface area contributed by atoms with Crippen molar-refractivity contribution in [3.05, 3.63) is 59.4 Å². The number of amides is 1. The van der Waals surface area contributed by atoms with Gasteiger partial charge < -0.3 is 19.9 Å². The normalized spacial score (nSPS) is 17.6. The first-order valence-corrected chi connectivity index (χ1v) is 11.3. The number of carbonyl (C=O) groups excluding carboxylic acids is 2. The van der Waals surface area contributed by atoms with Gasteiger partial charge in [0.1, 0.15) is 17.3 Å². The summed E-state index contributed by atoms with van der Waals surface area (Å²) in [6.45, 7) is -2.78. The Balaban J connectivity index is 1.42. The highest BCUT2D eigenvalue weighted by atomic mass is 19.3. The van der Waals surface area contributed by atoms with Crippen LogP contribution in [0.15, 0.2) is 42.5 Å². The Bertz CT molecular complexity index is 1040. The van der Waals surface area contributed by atoms with Crippen LogP contribution in [0, 0.1) is 11.7 Å². The number of carboxylic acids is 1. The molecule has 0 heterocycles. The van der Waals surface area contributed by atoms with E-state index in [0.717, 1.165) is 6.07 Å². The van der Waals surface area contributed by atoms with Gasteiger partial charge in [0.2, 0.25) is 0 Å². The van der Waals surface area contributed by atoms with E-state index >= 15 is 0 Å². The molecule has 0 radical (unpaired) electrons. The molecule has 0 saturated heterocycles. The molecule has 1 fully saturated rings. The number of Topliss-reactive ketones (excluding diaryl/α,β-unsaturated/α-hetero) is 1. The highest BCUT2D eigenvalue weighted by Crippen LogP contribution is 2.28. The average molecular weight is 493 g/mol. The van der Waals surface area contributed by atoms with Gasteiger partial charge in [-0.3, -0.25) is 14.4 Å². The summed E-state index contributed by atoms with van der Waals surface area (Å²) in [6, 6.07) is 9.22. The largest absolute Gasteiger partial charge is 0.490 e. The molecule has 1 saturated carbocycles. The zero-order valence-electron chi connectivity index (χ0n) is 18.8. The Hall–Kier alpha value is -3.56. The minimum Gasteiger partial charge on any atom is -0.490 e. The van der Waals surface area contributed by atoms with Crippen LogP contribution in [-0.4, -0.2) is 42.0 Å². The number of rotatable bonds is 11. The SMILES string of the molecule is O=C(NCCCC(=O)c1ccc(OC2CCC(C(=O)O)CC2)cc1F)c1ccc(OC(F)F)cc1. The van der Waals surface area contributed by atoms with Crippen LogP contribution in [0.2, 0.25) is 0 Å². The zero-order chi connectivity index (χ0) is 25.4. The maximum absolute atomic E-state index is 14.5. The average Bonchev–Trinajstić information content (AvgIpc) is 2.82. The van der Waals surface area contributed by atoms with E-state index in [9.17, 15) is 27.6 Å². The van der Waals surface area contributed by atoms with Crippen LogP contribution in [0.5, 0.6) is 11.5 Å². The second-order valence-corrected chi connectivity index (χ2v) is 8.26. The minimum absolute atomic E-state index is 0.0117. The molecule has 1 aliphatic rings. The molecule has 0 unspecified atom stereocenters. The molecule has 1 amide bonds. The lowest BCUT2D eigenvalue weighted by atomic mass is 9.87. The van der Waals surface area contributed by atoms with E-state index in [1.54, 1.807) is 0 Å². The molecular formula is C25H26F3NO6. The number of hydrogen-bond donors (Lipinski definition) is 2. The molecule has 188 valence electrons. The minimum atomic E-state index is -2.95. The van der Waals surface area contributed by atoms with Crippen molar-refractivity contribution >= 4 is 17.7 Å². The number of nitrogens with one attached hydrogen (secondary N) is 1. The summed E-state index contributed by atoms with van der Waals surface area (Å²) < 4.78 is 48.8. The number of halogens is 3. The van der Waals surface area contributed by atoms with Crippen LogP contribution in [0.4, 0.5) is 13.2 Å². The first-order valence-electron chi connectivity index (χ1n) is 11.3. The highest BCUT2D eigenvalue weighted by Gasteiger charge is 2.27. The quantitative estimate of drug-likeness (QED) is 0.343. The third kappa shape index (κ3) is 7.73. The number of alkyl halides is 2. The Kier molecular flexibility index (Phi) is 9.11. The number of ketones is 1. The van der Waals surface area contributed by atoms with Gasteiger partial charge in [-0.1, -0.05) is 0 Å². The molecule has 3 rings (SSSR count). The number of carboxylic acid groups (broad SMARTS) is 1. The number of hydrogen-bond acceptors (Lipinski definition) is 5. The zero-order valence-corrected chi connectivity index (χ0v) is 18.8. The predicted molar refractivity (Wildman–Crippen MR) is 119 cm³/mol. The maximum Gasteiger partial charge on any atom is 0.387 e. The molecule has 0 bridgehead atoms. The van der Waals surface area contributed by atoms with Crippen LogP contribution >= 0.6 is 0 Å². The lowest BCUT2D eigenvalue weighted by Crippen LogP contribution is -2.27. The molecule has 7 nitrogen and oxygen atoms in total. The van der Waals surface area contributed by atoms with Crippen molar-refractivity contribution < 1.29 is 42.1 Å². The van der Waals surface area contributed by atoms with E-state index in [4.69, 9.17) is 9.84 Å². The van der Waals surface area contributed by atoms with Crippen molar-refractivity contribution in [2.45, 2.75) is 51.2 Å². The molecular weight excluding hydrogens is 467 g/mol. The molecule has 35 heavy (non-hydrogen) atoms. The number of ether oxygens (including phenoxy) is 2. The number of carbonyl (C=O) groups is 3. The standard InChI is InChI=1S/C25H26F3NO6/c26-21-14-19(34-17-9-5-16(6-10-17)24(32)33)11-12-20(21)22(30)2-1-13-29-23(31)15-3-7-18(8-4-15)35-25(27)28/h3-4,7-8,11-12,14,16-17,25H,1-2,5-6,9-10,13H2,(H,29,31)(H,32,33). The number of benzene rings is 2. The Morgan fingerprint density at radius 2 is 1.66 bits per heavy atom. The third-order valence-corrected chi connectivity index (χ3v) is 5.78. The van der Waals surface area contributed by atoms with Crippen LogP contribution in [0.3, 0.4) is 0 Å². The van der Waals surface area contributed by atoms with E-state index in [2.05, 4.69) is 10.1 Å². The summed E-state index contributed by atoms with van der Waals surface area (Å²) in [4.78, 5) is 35.5. The van der Waals surface area contributed by atoms with E-state index in [1.165, 1.54) is 36.4 Å². The molecule has 0 atom stereocenters. The topological polar surface area (TPSA) is 102 Å². The van der Waals surface area contributed by atoms with Crippen molar-refractivity contribution in [3.63, 3.8) is 0 Å². The fourth-order valence-corrected chi connectivity index (χ4v) is 3.89. The summed E-state index contributed by atoms with van der Waals surface area (Å²) in [6.07, 6.45) is 2.25. The van der Waals surface area contributed by atoms with Crippen molar-refractivity contribution in [1.29, 1.82) is 0 Å². The van der Waals surface area contributed by atoms with Crippen molar-refractivity contribution in [2.24, 2.45) is 5.92 Å². The van der Waals surface area contributed by atoms with Gasteiger partial charge >= 0.3 is 12.6 Å². The fourth-order valence-electron chi connectivity index (χ4n) is 3.89. The van der Waals surface area contributed by atoms with Gasteiger partial charge in [0, 0.05) is 24.6 Å². The van der Waals surface area contributed by atoms with Gasteiger partial charge in [0.25, 0.3) is 5.91 Å². The van der Waals surface area contributed by atoms with E-state index in [-0.39, 0.29) is 54.0 Å². The summed E-state index contributed by atoms with van der Waals surface area (Å²) in [5, 5.41) is 11.7. The Labute approximate surface area is 200 Å². The van der Waals surface area contributed by atoms with E-state index in [0.29, 0.717) is 25.7 Å². The Morgan fingerprint density at radius 3 is 2.26 bits per heavy atom. The van der Waals surface area contributed by atoms with Crippen LogP contribution < -0.4 is 14.8 Å². The highest BCUT2D eigenvalue weighted by molar-refractivity contribution is 5.96. The molecule has 1 aliphatic carbocycles. The summed E-state index contributed by atoms with van der Waals surface area (Å²) in [7, 11) is 0. The number of aliphatic carboxylic acids is 1. The van der Waals surface area contributed by atoms with E-state index < -0.39 is 30.1 Å². The first kappa shape index (κ1) is 26.1. The van der Waals surface area contributed by atoms with Gasteiger partial charge in [-0.25, -0.2) is 4.39 Å². The summed E-state index contributed by atoms with van der Waals surface area (Å²) >= 11 is 0. The second-order valence-electron chi connectivity index (χ2n) is 8.26. The van der Waals surface area contributed by atoms with E-state index in [1.807, 2.05) is 0 Å². The van der Waals surface area contributed by atoms with Crippen LogP contribution in [0.1, 0.15) is 59.2 Å². The molecule has 2 aromatic rings. The van der Waals surface area contributed by atoms with Crippen LogP contribution in [0.25, 0.3) is 0 Å². The third-order valence-electron chi connectivity index (χ3n) is 5.78. The predicted octanol–water partition coefficient (Wildman–Crippen LogP) is 4.84. The van der Waals surface area contributed by atoms with Crippen molar-refractivity contribution in [1.82, 2.24) is 5.32 Å². The molecule has 0 spiro atoms. The smallest absolute Gasteiger partial charge is 0.387 e. The summed E-state index contributed by atoms with van der Waals surface area (Å²) in [5.74, 6) is -2.52. The van der Waals surface area contributed by atoms with Gasteiger partial charge in [-0.2, -0.15) is 8.78 Å². The first-order chi connectivity index (χ1) is 16.7. The fraction of sp³-hybridized carbons (Fsp3) is 0.400. The van der Waals surface area contributed by atoms with Gasteiger partial charge in [0.05, 0.1) is 17.6 Å². The van der Waals surface area contributed by atoms with Gasteiger partial charge in [0.15, 0.2) is 5.78 Å². The van der Waals surface area contributed by atoms with Crippen molar-refractivity contribution in [2.75, 3.05) is 6.54 Å². The molecule has 0 aliphatic heterocycles. The molecule has 10 heteroatoms.